The highest BCUT2D eigenvalue weighted by Gasteiger charge is 2.31. The molecule has 6 nitrogen and oxygen atoms in total. The number of carbonyl (C=O) groups is 1. The number of hydrogen-bond donors (Lipinski definition) is 0. The van der Waals surface area contributed by atoms with Gasteiger partial charge in [-0.25, -0.2) is 9.18 Å². The zero-order valence-electron chi connectivity index (χ0n) is 19.3. The standard InChI is InChI=1S/C25H30FN3O3/c1-25(2,3)32-24(30)29-13-7-8-17(15-29)23-18-12-11-16(14-20(18)27-28(23)4)22-19(26)9-6-10-21(22)31-5/h6,9-12,14,17H,7-8,13,15H2,1-5H3. The van der Waals surface area contributed by atoms with Crippen LogP contribution in [0.25, 0.3) is 22.0 Å². The average Bonchev–Trinajstić information content (AvgIpc) is 3.07. The van der Waals surface area contributed by atoms with Crippen LogP contribution in [0.15, 0.2) is 36.4 Å². The maximum absolute atomic E-state index is 14.6. The molecule has 7 heteroatoms. The summed E-state index contributed by atoms with van der Waals surface area (Å²) in [6.07, 6.45) is 1.60. The SMILES string of the molecule is COc1cccc(F)c1-c1ccc2c(C3CCCN(C(=O)OC(C)(C)C)C3)n(C)nc2c1. The van der Waals surface area contributed by atoms with E-state index in [-0.39, 0.29) is 17.8 Å². The van der Waals surface area contributed by atoms with E-state index in [1.807, 2.05) is 50.7 Å². The molecule has 3 aromatic rings. The minimum absolute atomic E-state index is 0.153. The lowest BCUT2D eigenvalue weighted by molar-refractivity contribution is 0.0196. The molecule has 170 valence electrons. The summed E-state index contributed by atoms with van der Waals surface area (Å²) in [7, 11) is 3.46. The number of carbonyl (C=O) groups excluding carboxylic acids is 1. The average molecular weight is 440 g/mol. The fraction of sp³-hybridized carbons (Fsp3) is 0.440. The number of likely N-dealkylation sites (tertiary alicyclic amines) is 1. The summed E-state index contributed by atoms with van der Waals surface area (Å²) in [4.78, 5) is 14.4. The van der Waals surface area contributed by atoms with Crippen molar-refractivity contribution in [1.29, 1.82) is 0 Å². The molecule has 1 aliphatic rings. The third-order valence-corrected chi connectivity index (χ3v) is 5.82. The topological polar surface area (TPSA) is 56.6 Å². The third-order valence-electron chi connectivity index (χ3n) is 5.82. The van der Waals surface area contributed by atoms with Crippen molar-refractivity contribution >= 4 is 17.0 Å². The molecule has 1 amide bonds. The van der Waals surface area contributed by atoms with Gasteiger partial charge in [-0.3, -0.25) is 4.68 Å². The lowest BCUT2D eigenvalue weighted by atomic mass is 9.92. The van der Waals surface area contributed by atoms with E-state index >= 15 is 0 Å². The van der Waals surface area contributed by atoms with Crippen molar-refractivity contribution in [3.8, 4) is 16.9 Å². The minimum atomic E-state index is -0.520. The Bertz CT molecular complexity index is 1150. The number of ether oxygens (including phenoxy) is 2. The molecule has 1 aliphatic heterocycles. The molecule has 0 aliphatic carbocycles. The van der Waals surface area contributed by atoms with Crippen LogP contribution in [0, 0.1) is 5.82 Å². The highest BCUT2D eigenvalue weighted by atomic mass is 19.1. The third kappa shape index (κ3) is 4.29. The highest BCUT2D eigenvalue weighted by molar-refractivity contribution is 5.88. The van der Waals surface area contributed by atoms with E-state index in [4.69, 9.17) is 14.6 Å². The second kappa shape index (κ2) is 8.45. The van der Waals surface area contributed by atoms with Gasteiger partial charge in [-0.1, -0.05) is 18.2 Å². The van der Waals surface area contributed by atoms with Crippen LogP contribution < -0.4 is 4.74 Å². The number of methoxy groups -OCH3 is 1. The molecule has 4 rings (SSSR count). The zero-order valence-corrected chi connectivity index (χ0v) is 19.3. The maximum atomic E-state index is 14.6. The van der Waals surface area contributed by atoms with E-state index in [0.717, 1.165) is 35.0 Å². The Balaban J connectivity index is 1.66. The number of piperidine rings is 1. The van der Waals surface area contributed by atoms with Crippen molar-refractivity contribution in [2.24, 2.45) is 7.05 Å². The zero-order chi connectivity index (χ0) is 23.0. The first-order valence-electron chi connectivity index (χ1n) is 11.0. The molecule has 0 radical (unpaired) electrons. The Morgan fingerprint density at radius 3 is 2.72 bits per heavy atom. The van der Waals surface area contributed by atoms with Crippen LogP contribution in [0.2, 0.25) is 0 Å². The lowest BCUT2D eigenvalue weighted by Crippen LogP contribution is -2.42. The molecule has 32 heavy (non-hydrogen) atoms. The van der Waals surface area contributed by atoms with Gasteiger partial charge in [-0.05, 0) is 57.4 Å². The van der Waals surface area contributed by atoms with Crippen molar-refractivity contribution in [3.05, 3.63) is 47.9 Å². The number of aryl methyl sites for hydroxylation is 1. The van der Waals surface area contributed by atoms with Crippen LogP contribution in [0.5, 0.6) is 5.75 Å². The molecule has 2 aromatic carbocycles. The van der Waals surface area contributed by atoms with E-state index in [0.29, 0.717) is 24.4 Å². The van der Waals surface area contributed by atoms with Gasteiger partial charge in [0, 0.05) is 31.4 Å². The van der Waals surface area contributed by atoms with Gasteiger partial charge < -0.3 is 14.4 Å². The van der Waals surface area contributed by atoms with Crippen molar-refractivity contribution < 1.29 is 18.7 Å². The molecular formula is C25H30FN3O3. The molecule has 1 fully saturated rings. The van der Waals surface area contributed by atoms with Gasteiger partial charge in [-0.15, -0.1) is 0 Å². The molecule has 1 aromatic heterocycles. The van der Waals surface area contributed by atoms with Gasteiger partial charge in [0.05, 0.1) is 23.9 Å². The molecule has 0 saturated carbocycles. The first-order valence-corrected chi connectivity index (χ1v) is 11.0. The van der Waals surface area contributed by atoms with Crippen LogP contribution in [0.1, 0.15) is 45.2 Å². The molecule has 1 unspecified atom stereocenters. The molecule has 0 bridgehead atoms. The largest absolute Gasteiger partial charge is 0.496 e. The number of aromatic nitrogens is 2. The summed E-state index contributed by atoms with van der Waals surface area (Å²) < 4.78 is 27.4. The minimum Gasteiger partial charge on any atom is -0.496 e. The quantitative estimate of drug-likeness (QED) is 0.541. The van der Waals surface area contributed by atoms with Crippen LogP contribution >= 0.6 is 0 Å². The van der Waals surface area contributed by atoms with Crippen LogP contribution in [-0.2, 0) is 11.8 Å². The Morgan fingerprint density at radius 1 is 1.22 bits per heavy atom. The molecule has 0 spiro atoms. The van der Waals surface area contributed by atoms with Gasteiger partial charge in [0.15, 0.2) is 0 Å². The Labute approximate surface area is 187 Å². The summed E-state index contributed by atoms with van der Waals surface area (Å²) >= 11 is 0. The summed E-state index contributed by atoms with van der Waals surface area (Å²) in [5.74, 6) is 0.307. The molecular weight excluding hydrogens is 409 g/mol. The van der Waals surface area contributed by atoms with Crippen LogP contribution in [-0.4, -0.2) is 46.6 Å². The fourth-order valence-corrected chi connectivity index (χ4v) is 4.51. The van der Waals surface area contributed by atoms with Crippen molar-refractivity contribution in [3.63, 3.8) is 0 Å². The Morgan fingerprint density at radius 2 is 2.00 bits per heavy atom. The molecule has 1 saturated heterocycles. The van der Waals surface area contributed by atoms with Crippen molar-refractivity contribution in [2.75, 3.05) is 20.2 Å². The summed E-state index contributed by atoms with van der Waals surface area (Å²) in [6, 6.07) is 10.6. The smallest absolute Gasteiger partial charge is 0.410 e. The molecule has 2 heterocycles. The monoisotopic (exact) mass is 439 g/mol. The number of fused-ring (bicyclic) bond motifs is 1. The first-order chi connectivity index (χ1) is 15.2. The highest BCUT2D eigenvalue weighted by Crippen LogP contribution is 2.37. The van der Waals surface area contributed by atoms with Crippen LogP contribution in [0.3, 0.4) is 0 Å². The van der Waals surface area contributed by atoms with Gasteiger partial charge >= 0.3 is 6.09 Å². The summed E-state index contributed by atoms with van der Waals surface area (Å²) in [5.41, 5.74) is 2.50. The number of nitrogens with zero attached hydrogens (tertiary/aromatic N) is 3. The lowest BCUT2D eigenvalue weighted by Gasteiger charge is -2.34. The van der Waals surface area contributed by atoms with Crippen molar-refractivity contribution in [1.82, 2.24) is 14.7 Å². The van der Waals surface area contributed by atoms with E-state index in [1.165, 1.54) is 13.2 Å². The van der Waals surface area contributed by atoms with E-state index < -0.39 is 5.60 Å². The van der Waals surface area contributed by atoms with Gasteiger partial charge in [0.1, 0.15) is 17.2 Å². The van der Waals surface area contributed by atoms with E-state index in [9.17, 15) is 9.18 Å². The Kier molecular flexibility index (Phi) is 5.84. The molecule has 0 N–H and O–H groups in total. The predicted octanol–water partition coefficient (Wildman–Crippen LogP) is 5.50. The first kappa shape index (κ1) is 22.1. The number of rotatable bonds is 3. The predicted molar refractivity (Wildman–Crippen MR) is 122 cm³/mol. The molecule has 1 atom stereocenters. The van der Waals surface area contributed by atoms with Crippen molar-refractivity contribution in [2.45, 2.75) is 45.1 Å². The fourth-order valence-electron chi connectivity index (χ4n) is 4.51. The summed E-state index contributed by atoms with van der Waals surface area (Å²) in [6.45, 7) is 6.92. The normalized spacial score (nSPS) is 16.9. The van der Waals surface area contributed by atoms with Gasteiger partial charge in [-0.2, -0.15) is 5.10 Å². The maximum Gasteiger partial charge on any atom is 0.410 e. The second-order valence-electron chi connectivity index (χ2n) is 9.32. The van der Waals surface area contributed by atoms with Gasteiger partial charge in [0.25, 0.3) is 0 Å². The number of halogens is 1. The van der Waals surface area contributed by atoms with E-state index in [1.54, 1.807) is 17.0 Å². The van der Waals surface area contributed by atoms with Crippen LogP contribution in [0.4, 0.5) is 9.18 Å². The number of hydrogen-bond acceptors (Lipinski definition) is 4. The number of amides is 1. The second-order valence-corrected chi connectivity index (χ2v) is 9.32. The van der Waals surface area contributed by atoms with Gasteiger partial charge in [0.2, 0.25) is 0 Å². The summed E-state index contributed by atoms with van der Waals surface area (Å²) in [5, 5.41) is 5.72. The number of benzene rings is 2. The Hall–Kier alpha value is -3.09. The van der Waals surface area contributed by atoms with E-state index in [2.05, 4.69) is 0 Å².